The van der Waals surface area contributed by atoms with E-state index < -0.39 is 27.5 Å². The highest BCUT2D eigenvalue weighted by Gasteiger charge is 2.26. The number of anilines is 2. The third kappa shape index (κ3) is 14.9. The van der Waals surface area contributed by atoms with Gasteiger partial charge in [0.15, 0.2) is 38.8 Å². The Morgan fingerprint density at radius 3 is 2.45 bits per heavy atom. The summed E-state index contributed by atoms with van der Waals surface area (Å²) in [5, 5.41) is 9.79. The zero-order valence-electron chi connectivity index (χ0n) is 38.4. The van der Waals surface area contributed by atoms with E-state index in [1.54, 1.807) is 37.3 Å². The molecule has 0 radical (unpaired) electrons. The summed E-state index contributed by atoms with van der Waals surface area (Å²) in [5.74, 6) is 5.96. The lowest BCUT2D eigenvalue weighted by atomic mass is 10.2. The summed E-state index contributed by atoms with van der Waals surface area (Å²) in [5.41, 5.74) is 2.55. The van der Waals surface area contributed by atoms with Crippen molar-refractivity contribution in [3.8, 4) is 17.6 Å². The molecular weight excluding hydrogens is 893 g/mol. The minimum Gasteiger partial charge on any atom is -0.491 e. The predicted molar refractivity (Wildman–Crippen MR) is 257 cm³/mol. The topological polar surface area (TPSA) is 143 Å². The second-order valence-electron chi connectivity index (χ2n) is 16.4. The average molecular weight is 954 g/mol. The number of esters is 1. The number of nitrogens with zero attached hydrogens (tertiary/aromatic N) is 7. The molecule has 64 heavy (non-hydrogen) atoms. The number of carbonyl (C=O) groups excluding carboxylic acids is 1. The second-order valence-corrected chi connectivity index (χ2v) is 26.3. The molecule has 0 atom stereocenters. The SMILES string of the molecule is CCOP(=O)(CCCCN(c1cc(C)c(N=c2sc3ccccc3n2COCC[Si](C)(C)C)nn1)c1nc(C(=O)OC)c(CCCOc2ccc(C#CCN(C)C)cc2F)s1)OCC. The maximum absolute atomic E-state index is 14.9. The van der Waals surface area contributed by atoms with Crippen molar-refractivity contribution in [2.75, 3.05) is 71.8 Å². The maximum Gasteiger partial charge on any atom is 0.357 e. The van der Waals surface area contributed by atoms with Crippen LogP contribution < -0.4 is 14.4 Å². The number of hydrogen-bond acceptors (Lipinski definition) is 15. The Balaban J connectivity index is 1.41. The highest BCUT2D eigenvalue weighted by molar-refractivity contribution is 7.53. The van der Waals surface area contributed by atoms with Crippen LogP contribution in [0, 0.1) is 24.6 Å². The largest absolute Gasteiger partial charge is 0.491 e. The highest BCUT2D eigenvalue weighted by atomic mass is 32.1. The Hall–Kier alpha value is -4.31. The van der Waals surface area contributed by atoms with Gasteiger partial charge in [0.1, 0.15) is 6.73 Å². The summed E-state index contributed by atoms with van der Waals surface area (Å²) in [6, 6.07) is 15.8. The van der Waals surface area contributed by atoms with Gasteiger partial charge in [-0.25, -0.2) is 14.2 Å². The summed E-state index contributed by atoms with van der Waals surface area (Å²) in [7, 11) is 0.623. The number of para-hydroxylation sites is 1. The molecule has 0 bridgehead atoms. The Labute approximate surface area is 385 Å². The fraction of sp³-hybridized carbons (Fsp3) is 0.489. The van der Waals surface area contributed by atoms with Crippen molar-refractivity contribution < 1.29 is 37.0 Å². The van der Waals surface area contributed by atoms with E-state index in [1.807, 2.05) is 49.0 Å². The monoisotopic (exact) mass is 953 g/mol. The van der Waals surface area contributed by atoms with E-state index >= 15 is 0 Å². The van der Waals surface area contributed by atoms with E-state index in [2.05, 4.69) is 58.4 Å². The van der Waals surface area contributed by atoms with Crippen molar-refractivity contribution in [1.29, 1.82) is 0 Å². The molecule has 14 nitrogen and oxygen atoms in total. The zero-order chi connectivity index (χ0) is 46.3. The molecule has 0 saturated carbocycles. The van der Waals surface area contributed by atoms with Gasteiger partial charge in [0.2, 0.25) is 0 Å². The van der Waals surface area contributed by atoms with Crippen molar-refractivity contribution in [3.63, 3.8) is 0 Å². The van der Waals surface area contributed by atoms with E-state index in [-0.39, 0.29) is 37.4 Å². The van der Waals surface area contributed by atoms with E-state index in [0.29, 0.717) is 79.3 Å². The van der Waals surface area contributed by atoms with Gasteiger partial charge < -0.3 is 28.2 Å². The highest BCUT2D eigenvalue weighted by Crippen LogP contribution is 2.48. The molecule has 346 valence electrons. The van der Waals surface area contributed by atoms with Crippen LogP contribution in [0.5, 0.6) is 5.75 Å². The third-order valence-corrected chi connectivity index (χ3v) is 15.7. The number of aryl methyl sites for hydroxylation is 2. The smallest absolute Gasteiger partial charge is 0.357 e. The van der Waals surface area contributed by atoms with Gasteiger partial charge in [-0.3, -0.25) is 14.0 Å². The van der Waals surface area contributed by atoms with E-state index in [9.17, 15) is 13.8 Å². The van der Waals surface area contributed by atoms with Gasteiger partial charge in [-0.05, 0) is 109 Å². The van der Waals surface area contributed by atoms with Crippen molar-refractivity contribution >= 4 is 71.3 Å². The number of unbranched alkanes of at least 4 members (excludes halogenated alkanes) is 1. The standard InChI is InChI=1S/C45H61FN7O7PS2Si/c1-10-59-61(55,60-11-2)28-15-14-25-52(40-30-33(3)42(50-49-40)48-45-53(32-57-27-29-64(7,8)9)36-19-12-13-20-38(36)62-45)44-47-41(43(54)56-6)39(63-44)21-17-26-58-37-23-22-34(31-35(37)46)18-16-24-51(4)5/h12-13,19-20,22-23,30-31H,10-11,14-15,17,21,24-29,32H2,1-9H3. The van der Waals surface area contributed by atoms with Crippen LogP contribution in [0.1, 0.15) is 59.6 Å². The molecule has 2 aromatic carbocycles. The minimum absolute atomic E-state index is 0.123. The Bertz CT molecular complexity index is 2500. The number of rotatable bonds is 24. The number of carbonyl (C=O) groups is 1. The van der Waals surface area contributed by atoms with Crippen LogP contribution in [-0.4, -0.2) is 106 Å². The molecule has 0 fully saturated rings. The molecule has 19 heteroatoms. The number of aromatic nitrogens is 4. The molecule has 5 aromatic rings. The van der Waals surface area contributed by atoms with Crippen molar-refractivity contribution in [2.45, 2.75) is 78.9 Å². The number of methoxy groups -OCH3 is 1. The van der Waals surface area contributed by atoms with Crippen LogP contribution >= 0.6 is 30.3 Å². The van der Waals surface area contributed by atoms with Crippen LogP contribution in [-0.2, 0) is 36.2 Å². The van der Waals surface area contributed by atoms with Crippen LogP contribution in [0.4, 0.5) is 21.2 Å². The lowest BCUT2D eigenvalue weighted by Gasteiger charge is -2.22. The van der Waals surface area contributed by atoms with Crippen LogP contribution in [0.2, 0.25) is 25.7 Å². The number of ether oxygens (including phenoxy) is 3. The molecule has 0 spiro atoms. The number of halogens is 1. The van der Waals surface area contributed by atoms with Gasteiger partial charge in [-0.1, -0.05) is 55.0 Å². The first-order valence-electron chi connectivity index (χ1n) is 21.5. The van der Waals surface area contributed by atoms with Gasteiger partial charge in [0.05, 0.1) is 49.9 Å². The van der Waals surface area contributed by atoms with Crippen molar-refractivity contribution in [2.24, 2.45) is 4.99 Å². The van der Waals surface area contributed by atoms with Gasteiger partial charge in [0.25, 0.3) is 0 Å². The van der Waals surface area contributed by atoms with Crippen LogP contribution in [0.3, 0.4) is 0 Å². The molecule has 0 saturated heterocycles. The molecular formula is C45H61FN7O7PS2Si. The summed E-state index contributed by atoms with van der Waals surface area (Å²) >= 11 is 2.89. The lowest BCUT2D eigenvalue weighted by molar-refractivity contribution is 0.0593. The molecule has 0 aliphatic rings. The summed E-state index contributed by atoms with van der Waals surface area (Å²) in [6.45, 7) is 15.3. The van der Waals surface area contributed by atoms with Crippen LogP contribution in [0.25, 0.3) is 10.2 Å². The molecule has 3 heterocycles. The normalized spacial score (nSPS) is 12.2. The number of fused-ring (bicyclic) bond motifs is 1. The van der Waals surface area contributed by atoms with Gasteiger partial charge in [0, 0.05) is 31.7 Å². The Morgan fingerprint density at radius 1 is 1.00 bits per heavy atom. The number of thiazole rings is 2. The summed E-state index contributed by atoms with van der Waals surface area (Å²) in [6.07, 6.45) is 2.22. The van der Waals surface area contributed by atoms with Crippen molar-refractivity contribution in [1.82, 2.24) is 24.6 Å². The van der Waals surface area contributed by atoms with Gasteiger partial charge in [-0.2, -0.15) is 4.99 Å². The van der Waals surface area contributed by atoms with E-state index in [0.717, 1.165) is 26.6 Å². The van der Waals surface area contributed by atoms with E-state index in [1.165, 1.54) is 24.5 Å². The first-order valence-corrected chi connectivity index (χ1v) is 28.5. The molecule has 0 amide bonds. The zero-order valence-corrected chi connectivity index (χ0v) is 42.0. The number of hydrogen-bond donors (Lipinski definition) is 0. The minimum atomic E-state index is -3.26. The quantitative estimate of drug-likeness (QED) is 0.0191. The first kappa shape index (κ1) is 50.7. The third-order valence-electron chi connectivity index (χ3n) is 9.61. The molecule has 5 rings (SSSR count). The lowest BCUT2D eigenvalue weighted by Crippen LogP contribution is -2.23. The molecule has 0 aliphatic carbocycles. The maximum atomic E-state index is 14.9. The Kier molecular flexibility index (Phi) is 19.2. The average Bonchev–Trinajstić information content (AvgIpc) is 3.82. The van der Waals surface area contributed by atoms with Gasteiger partial charge >= 0.3 is 13.6 Å². The van der Waals surface area contributed by atoms with Crippen molar-refractivity contribution in [3.05, 3.63) is 80.8 Å². The van der Waals surface area contributed by atoms with E-state index in [4.69, 9.17) is 33.2 Å². The summed E-state index contributed by atoms with van der Waals surface area (Å²) in [4.78, 5) is 28.2. The second kappa shape index (κ2) is 24.3. The summed E-state index contributed by atoms with van der Waals surface area (Å²) < 4.78 is 59.6. The fourth-order valence-corrected chi connectivity index (χ4v) is 10.9. The molecule has 3 aromatic heterocycles. The molecule has 0 unspecified atom stereocenters. The molecule has 0 aliphatic heterocycles. The predicted octanol–water partition coefficient (Wildman–Crippen LogP) is 9.84. The Morgan fingerprint density at radius 2 is 1.77 bits per heavy atom. The molecule has 0 N–H and O–H groups in total. The fourth-order valence-electron chi connectivity index (χ4n) is 6.30. The number of benzene rings is 2. The van der Waals surface area contributed by atoms with Crippen LogP contribution in [0.15, 0.2) is 53.5 Å². The first-order chi connectivity index (χ1) is 30.6. The van der Waals surface area contributed by atoms with Gasteiger partial charge in [-0.15, -0.1) is 21.5 Å².